The average molecular weight is 248 g/mol. The number of aromatic nitrogens is 1. The Kier molecular flexibility index (Phi) is 3.77. The minimum Gasteiger partial charge on any atom is -0.377 e. The molecule has 1 unspecified atom stereocenters. The summed E-state index contributed by atoms with van der Waals surface area (Å²) in [6.45, 7) is 2.01. The van der Waals surface area contributed by atoms with Gasteiger partial charge < -0.3 is 4.74 Å². The highest BCUT2D eigenvalue weighted by Gasteiger charge is 2.08. The van der Waals surface area contributed by atoms with Gasteiger partial charge in [-0.05, 0) is 30.7 Å². The maximum atomic E-state index is 6.13. The van der Waals surface area contributed by atoms with Gasteiger partial charge in [-0.2, -0.15) is 0 Å². The third-order valence-electron chi connectivity index (χ3n) is 2.74. The first-order chi connectivity index (χ1) is 8.22. The summed E-state index contributed by atoms with van der Waals surface area (Å²) >= 11 is 6.13. The fraction of sp³-hybridized carbons (Fsp3) is 0.214. The molecule has 0 radical (unpaired) electrons. The first-order valence-electron chi connectivity index (χ1n) is 5.46. The van der Waals surface area contributed by atoms with Crippen LogP contribution >= 0.6 is 11.6 Å². The molecule has 0 aliphatic carbocycles. The van der Waals surface area contributed by atoms with Crippen molar-refractivity contribution < 1.29 is 4.74 Å². The average Bonchev–Trinajstić information content (AvgIpc) is 2.38. The molecule has 2 nitrogen and oxygen atoms in total. The van der Waals surface area contributed by atoms with E-state index in [9.17, 15) is 0 Å². The van der Waals surface area contributed by atoms with E-state index in [4.69, 9.17) is 16.3 Å². The first kappa shape index (κ1) is 12.1. The van der Waals surface area contributed by atoms with Gasteiger partial charge in [0.05, 0.1) is 16.8 Å². The Balaban J connectivity index is 2.43. The number of benzene rings is 1. The van der Waals surface area contributed by atoms with E-state index in [1.54, 1.807) is 13.3 Å². The van der Waals surface area contributed by atoms with Crippen LogP contribution in [0.25, 0.3) is 11.3 Å². The molecule has 0 bridgehead atoms. The smallest absolute Gasteiger partial charge is 0.0888 e. The zero-order chi connectivity index (χ0) is 12.3. The molecule has 0 aliphatic rings. The third kappa shape index (κ3) is 2.65. The third-order valence-corrected chi connectivity index (χ3v) is 3.05. The van der Waals surface area contributed by atoms with Crippen LogP contribution in [0.5, 0.6) is 0 Å². The van der Waals surface area contributed by atoms with E-state index in [-0.39, 0.29) is 6.10 Å². The van der Waals surface area contributed by atoms with Gasteiger partial charge >= 0.3 is 0 Å². The largest absolute Gasteiger partial charge is 0.377 e. The molecule has 0 N–H and O–H groups in total. The van der Waals surface area contributed by atoms with Crippen LogP contribution in [0.1, 0.15) is 18.6 Å². The van der Waals surface area contributed by atoms with Crippen molar-refractivity contribution in [2.24, 2.45) is 0 Å². The van der Waals surface area contributed by atoms with Gasteiger partial charge in [0.1, 0.15) is 0 Å². The van der Waals surface area contributed by atoms with Crippen LogP contribution in [-0.4, -0.2) is 12.1 Å². The van der Waals surface area contributed by atoms with Crippen molar-refractivity contribution in [3.63, 3.8) is 0 Å². The van der Waals surface area contributed by atoms with Crippen molar-refractivity contribution in [2.45, 2.75) is 13.0 Å². The second-order valence-electron chi connectivity index (χ2n) is 3.84. The van der Waals surface area contributed by atoms with Crippen molar-refractivity contribution in [1.29, 1.82) is 0 Å². The van der Waals surface area contributed by atoms with Crippen LogP contribution in [0.2, 0.25) is 5.02 Å². The Labute approximate surface area is 106 Å². The van der Waals surface area contributed by atoms with Crippen LogP contribution in [0.3, 0.4) is 0 Å². The molecule has 1 heterocycles. The van der Waals surface area contributed by atoms with Crippen molar-refractivity contribution in [3.8, 4) is 11.3 Å². The van der Waals surface area contributed by atoms with Crippen LogP contribution in [0.15, 0.2) is 42.6 Å². The number of hydrogen-bond acceptors (Lipinski definition) is 2. The molecule has 0 aliphatic heterocycles. The van der Waals surface area contributed by atoms with Crippen LogP contribution in [-0.2, 0) is 4.74 Å². The van der Waals surface area contributed by atoms with E-state index in [2.05, 4.69) is 11.1 Å². The molecule has 17 heavy (non-hydrogen) atoms. The van der Waals surface area contributed by atoms with Crippen LogP contribution in [0, 0.1) is 0 Å². The van der Waals surface area contributed by atoms with E-state index in [1.165, 1.54) is 0 Å². The van der Waals surface area contributed by atoms with E-state index in [0.29, 0.717) is 5.02 Å². The number of hydrogen-bond donors (Lipinski definition) is 0. The topological polar surface area (TPSA) is 22.1 Å². The summed E-state index contributed by atoms with van der Waals surface area (Å²) < 4.78 is 5.30. The molecule has 88 valence electrons. The summed E-state index contributed by atoms with van der Waals surface area (Å²) in [5.74, 6) is 0. The molecular weight excluding hydrogens is 234 g/mol. The molecule has 0 saturated carbocycles. The molecular formula is C14H14ClNO. The zero-order valence-corrected chi connectivity index (χ0v) is 10.6. The van der Waals surface area contributed by atoms with Crippen molar-refractivity contribution in [2.75, 3.05) is 7.11 Å². The summed E-state index contributed by atoms with van der Waals surface area (Å²) in [6, 6.07) is 11.8. The van der Waals surface area contributed by atoms with E-state index in [0.717, 1.165) is 16.8 Å². The molecule has 2 rings (SSSR count). The second-order valence-corrected chi connectivity index (χ2v) is 4.24. The minimum atomic E-state index is 0.0671. The minimum absolute atomic E-state index is 0.0671. The van der Waals surface area contributed by atoms with E-state index in [1.807, 2.05) is 37.3 Å². The lowest BCUT2D eigenvalue weighted by Gasteiger charge is -2.11. The highest BCUT2D eigenvalue weighted by Crippen LogP contribution is 2.27. The van der Waals surface area contributed by atoms with Gasteiger partial charge in [0.2, 0.25) is 0 Å². The molecule has 3 heteroatoms. The molecule has 1 aromatic carbocycles. The normalized spacial score (nSPS) is 12.4. The lowest BCUT2D eigenvalue weighted by atomic mass is 10.0. The number of rotatable bonds is 3. The van der Waals surface area contributed by atoms with Crippen LogP contribution in [0.4, 0.5) is 0 Å². The fourth-order valence-electron chi connectivity index (χ4n) is 1.67. The summed E-state index contributed by atoms with van der Waals surface area (Å²) in [5, 5.41) is 0.662. The van der Waals surface area contributed by atoms with Gasteiger partial charge in [-0.3, -0.25) is 4.98 Å². The Morgan fingerprint density at radius 2 is 2.06 bits per heavy atom. The van der Waals surface area contributed by atoms with E-state index >= 15 is 0 Å². The highest BCUT2D eigenvalue weighted by molar-refractivity contribution is 6.33. The lowest BCUT2D eigenvalue weighted by molar-refractivity contribution is 0.119. The first-order valence-corrected chi connectivity index (χ1v) is 5.84. The van der Waals surface area contributed by atoms with Crippen molar-refractivity contribution in [1.82, 2.24) is 4.98 Å². The number of ether oxygens (including phenoxy) is 1. The van der Waals surface area contributed by atoms with Gasteiger partial charge in [0.25, 0.3) is 0 Å². The van der Waals surface area contributed by atoms with Crippen molar-refractivity contribution >= 4 is 11.6 Å². The molecule has 1 atom stereocenters. The summed E-state index contributed by atoms with van der Waals surface area (Å²) in [6.07, 6.45) is 1.81. The van der Waals surface area contributed by atoms with Gasteiger partial charge in [-0.25, -0.2) is 0 Å². The lowest BCUT2D eigenvalue weighted by Crippen LogP contribution is -1.96. The SMILES string of the molecule is COC(C)c1cccc(-c2ncccc2Cl)c1. The Bertz CT molecular complexity index is 513. The summed E-state index contributed by atoms with van der Waals surface area (Å²) in [7, 11) is 1.70. The summed E-state index contributed by atoms with van der Waals surface area (Å²) in [4.78, 5) is 4.30. The van der Waals surface area contributed by atoms with Gasteiger partial charge in [-0.1, -0.05) is 29.8 Å². The second kappa shape index (κ2) is 5.30. The maximum absolute atomic E-state index is 6.13. The number of methoxy groups -OCH3 is 1. The Hall–Kier alpha value is -1.38. The highest BCUT2D eigenvalue weighted by atomic mass is 35.5. The molecule has 0 amide bonds. The molecule has 0 fully saturated rings. The number of nitrogens with zero attached hydrogens (tertiary/aromatic N) is 1. The van der Waals surface area contributed by atoms with Crippen molar-refractivity contribution in [3.05, 3.63) is 53.2 Å². The number of pyridine rings is 1. The number of halogens is 1. The summed E-state index contributed by atoms with van der Waals surface area (Å²) in [5.41, 5.74) is 2.93. The van der Waals surface area contributed by atoms with Gasteiger partial charge in [0.15, 0.2) is 0 Å². The van der Waals surface area contributed by atoms with Gasteiger partial charge in [-0.15, -0.1) is 0 Å². The van der Waals surface area contributed by atoms with E-state index < -0.39 is 0 Å². The predicted molar refractivity (Wildman–Crippen MR) is 70.1 cm³/mol. The molecule has 2 aromatic rings. The zero-order valence-electron chi connectivity index (χ0n) is 9.85. The maximum Gasteiger partial charge on any atom is 0.0888 e. The van der Waals surface area contributed by atoms with Crippen LogP contribution < -0.4 is 0 Å². The Morgan fingerprint density at radius 1 is 1.24 bits per heavy atom. The predicted octanol–water partition coefficient (Wildman–Crippen LogP) is 4.11. The molecule has 0 spiro atoms. The van der Waals surface area contributed by atoms with Gasteiger partial charge in [0, 0.05) is 18.9 Å². The quantitative estimate of drug-likeness (QED) is 0.814. The fourth-order valence-corrected chi connectivity index (χ4v) is 1.90. The monoisotopic (exact) mass is 247 g/mol. The molecule has 1 aromatic heterocycles. The standard InChI is InChI=1S/C14H14ClNO/c1-10(17-2)11-5-3-6-12(9-11)14-13(15)7-4-8-16-14/h3-10H,1-2H3. The molecule has 0 saturated heterocycles. The Morgan fingerprint density at radius 3 is 2.76 bits per heavy atom.